The zero-order valence-electron chi connectivity index (χ0n) is 13.4. The predicted octanol–water partition coefficient (Wildman–Crippen LogP) is 2.67. The number of hydrogen-bond donors (Lipinski definition) is 1. The van der Waals surface area contributed by atoms with Crippen LogP contribution in [0.2, 0.25) is 0 Å². The fraction of sp³-hybridized carbons (Fsp3) is 0.333. The van der Waals surface area contributed by atoms with Crippen LogP contribution in [-0.2, 0) is 17.8 Å². The summed E-state index contributed by atoms with van der Waals surface area (Å²) < 4.78 is 10.8. The third-order valence-electron chi connectivity index (χ3n) is 4.13. The molecule has 4 rings (SSSR count). The van der Waals surface area contributed by atoms with Crippen molar-refractivity contribution in [2.45, 2.75) is 13.1 Å². The average Bonchev–Trinajstić information content (AvgIpc) is 3.14. The molecule has 2 aromatic heterocycles. The van der Waals surface area contributed by atoms with Crippen molar-refractivity contribution < 1.29 is 9.15 Å². The van der Waals surface area contributed by atoms with Crippen molar-refractivity contribution in [3.8, 4) is 0 Å². The van der Waals surface area contributed by atoms with Crippen LogP contribution in [0, 0.1) is 0 Å². The molecule has 1 saturated heterocycles. The highest BCUT2D eigenvalue weighted by molar-refractivity contribution is 5.88. The molecule has 0 radical (unpaired) electrons. The van der Waals surface area contributed by atoms with Crippen molar-refractivity contribution in [1.29, 1.82) is 0 Å². The van der Waals surface area contributed by atoms with Gasteiger partial charge in [-0.2, -0.15) is 0 Å². The Hall–Kier alpha value is -2.44. The third kappa shape index (κ3) is 3.39. The lowest BCUT2D eigenvalue weighted by Gasteiger charge is -2.26. The van der Waals surface area contributed by atoms with Gasteiger partial charge in [0.15, 0.2) is 0 Å². The van der Waals surface area contributed by atoms with E-state index in [1.807, 2.05) is 36.4 Å². The second-order valence-corrected chi connectivity index (χ2v) is 5.83. The summed E-state index contributed by atoms with van der Waals surface area (Å²) in [7, 11) is 0. The van der Waals surface area contributed by atoms with Gasteiger partial charge in [0, 0.05) is 18.5 Å². The molecule has 0 unspecified atom stereocenters. The molecule has 124 valence electrons. The number of nitrogens with one attached hydrogen (secondary N) is 1. The van der Waals surface area contributed by atoms with Gasteiger partial charge in [-0.1, -0.05) is 12.1 Å². The van der Waals surface area contributed by atoms with E-state index in [2.05, 4.69) is 10.2 Å². The van der Waals surface area contributed by atoms with Crippen molar-refractivity contribution in [3.05, 3.63) is 54.2 Å². The standard InChI is InChI=1S/C18H20N4O2/c1-2-6-16-15(5-1)18(19-12-14-4-3-9-24-14)21-17(20-16)13-22-7-10-23-11-8-22/h1-6,9H,7-8,10-13H2,(H,19,20,21). The summed E-state index contributed by atoms with van der Waals surface area (Å²) in [5, 5.41) is 4.40. The van der Waals surface area contributed by atoms with Crippen molar-refractivity contribution in [2.75, 3.05) is 31.6 Å². The molecule has 3 aromatic rings. The lowest BCUT2D eigenvalue weighted by Crippen LogP contribution is -2.36. The number of anilines is 1. The highest BCUT2D eigenvalue weighted by Gasteiger charge is 2.14. The first kappa shape index (κ1) is 15.1. The maximum atomic E-state index is 5.41. The minimum Gasteiger partial charge on any atom is -0.467 e. The topological polar surface area (TPSA) is 63.4 Å². The Morgan fingerprint density at radius 1 is 1.04 bits per heavy atom. The highest BCUT2D eigenvalue weighted by Crippen LogP contribution is 2.21. The van der Waals surface area contributed by atoms with Gasteiger partial charge in [0.2, 0.25) is 0 Å². The molecule has 1 aliphatic rings. The maximum absolute atomic E-state index is 5.41. The van der Waals surface area contributed by atoms with E-state index in [1.54, 1.807) is 6.26 Å². The molecular formula is C18H20N4O2. The first-order chi connectivity index (χ1) is 11.9. The van der Waals surface area contributed by atoms with Crippen LogP contribution in [0.25, 0.3) is 10.9 Å². The number of para-hydroxylation sites is 1. The highest BCUT2D eigenvalue weighted by atomic mass is 16.5. The van der Waals surface area contributed by atoms with Crippen LogP contribution >= 0.6 is 0 Å². The molecule has 0 bridgehead atoms. The number of furan rings is 1. The fourth-order valence-corrected chi connectivity index (χ4v) is 2.87. The average molecular weight is 324 g/mol. The first-order valence-electron chi connectivity index (χ1n) is 8.20. The monoisotopic (exact) mass is 324 g/mol. The van der Waals surface area contributed by atoms with Gasteiger partial charge in [0.1, 0.15) is 17.4 Å². The molecule has 6 nitrogen and oxygen atoms in total. The van der Waals surface area contributed by atoms with Gasteiger partial charge in [-0.3, -0.25) is 4.90 Å². The van der Waals surface area contributed by atoms with Crippen LogP contribution in [0.4, 0.5) is 5.82 Å². The van der Waals surface area contributed by atoms with Crippen LogP contribution in [0.5, 0.6) is 0 Å². The zero-order valence-corrected chi connectivity index (χ0v) is 13.4. The van der Waals surface area contributed by atoms with E-state index in [0.29, 0.717) is 6.54 Å². The second kappa shape index (κ2) is 6.98. The Kier molecular flexibility index (Phi) is 4.40. The summed E-state index contributed by atoms with van der Waals surface area (Å²) in [6, 6.07) is 11.9. The molecular weight excluding hydrogens is 304 g/mol. The Balaban J connectivity index is 1.60. The molecule has 0 spiro atoms. The van der Waals surface area contributed by atoms with Crippen molar-refractivity contribution >= 4 is 16.7 Å². The summed E-state index contributed by atoms with van der Waals surface area (Å²) in [6.07, 6.45) is 1.68. The van der Waals surface area contributed by atoms with E-state index in [9.17, 15) is 0 Å². The molecule has 1 N–H and O–H groups in total. The second-order valence-electron chi connectivity index (χ2n) is 5.83. The van der Waals surface area contributed by atoms with Crippen LogP contribution < -0.4 is 5.32 Å². The lowest BCUT2D eigenvalue weighted by molar-refractivity contribution is 0.0331. The van der Waals surface area contributed by atoms with Gasteiger partial charge >= 0.3 is 0 Å². The van der Waals surface area contributed by atoms with Gasteiger partial charge in [-0.05, 0) is 24.3 Å². The van der Waals surface area contributed by atoms with Crippen molar-refractivity contribution in [1.82, 2.24) is 14.9 Å². The van der Waals surface area contributed by atoms with Crippen molar-refractivity contribution in [2.24, 2.45) is 0 Å². The quantitative estimate of drug-likeness (QED) is 0.778. The molecule has 0 saturated carbocycles. The van der Waals surface area contributed by atoms with Gasteiger partial charge in [-0.25, -0.2) is 9.97 Å². The zero-order chi connectivity index (χ0) is 16.2. The van der Waals surface area contributed by atoms with E-state index in [1.165, 1.54) is 0 Å². The van der Waals surface area contributed by atoms with Gasteiger partial charge in [0.25, 0.3) is 0 Å². The molecule has 0 amide bonds. The minimum atomic E-state index is 0.602. The number of fused-ring (bicyclic) bond motifs is 1. The van der Waals surface area contributed by atoms with Crippen molar-refractivity contribution in [3.63, 3.8) is 0 Å². The van der Waals surface area contributed by atoms with Gasteiger partial charge < -0.3 is 14.5 Å². The molecule has 6 heteroatoms. The number of aromatic nitrogens is 2. The Morgan fingerprint density at radius 2 is 1.92 bits per heavy atom. The molecule has 1 aromatic carbocycles. The smallest absolute Gasteiger partial charge is 0.145 e. The Morgan fingerprint density at radius 3 is 2.75 bits per heavy atom. The molecule has 3 heterocycles. The molecule has 0 aliphatic carbocycles. The van der Waals surface area contributed by atoms with Gasteiger partial charge in [0.05, 0.1) is 38.1 Å². The molecule has 0 atom stereocenters. The lowest BCUT2D eigenvalue weighted by atomic mass is 10.2. The van der Waals surface area contributed by atoms with Crippen LogP contribution in [0.15, 0.2) is 47.1 Å². The Labute approximate surface area is 140 Å². The number of hydrogen-bond acceptors (Lipinski definition) is 6. The van der Waals surface area contributed by atoms with E-state index < -0.39 is 0 Å². The summed E-state index contributed by atoms with van der Waals surface area (Å²) >= 11 is 0. The number of benzene rings is 1. The SMILES string of the molecule is c1coc(CNc2nc(CN3CCOCC3)nc3ccccc23)c1. The first-order valence-corrected chi connectivity index (χ1v) is 8.20. The molecule has 1 aliphatic heterocycles. The minimum absolute atomic E-state index is 0.602. The third-order valence-corrected chi connectivity index (χ3v) is 4.13. The molecule has 1 fully saturated rings. The number of rotatable bonds is 5. The number of morpholine rings is 1. The number of nitrogens with zero attached hydrogens (tertiary/aromatic N) is 3. The molecule has 24 heavy (non-hydrogen) atoms. The largest absolute Gasteiger partial charge is 0.467 e. The van der Waals surface area contributed by atoms with E-state index in [-0.39, 0.29) is 0 Å². The summed E-state index contributed by atoms with van der Waals surface area (Å²) in [5.41, 5.74) is 0.956. The summed E-state index contributed by atoms with van der Waals surface area (Å²) in [6.45, 7) is 4.74. The normalized spacial score (nSPS) is 15.7. The summed E-state index contributed by atoms with van der Waals surface area (Å²) in [5.74, 6) is 2.56. The van der Waals surface area contributed by atoms with Crippen LogP contribution in [-0.4, -0.2) is 41.2 Å². The van der Waals surface area contributed by atoms with Gasteiger partial charge in [-0.15, -0.1) is 0 Å². The maximum Gasteiger partial charge on any atom is 0.145 e. The summed E-state index contributed by atoms with van der Waals surface area (Å²) in [4.78, 5) is 11.8. The Bertz CT molecular complexity index is 798. The van der Waals surface area contributed by atoms with Crippen LogP contribution in [0.1, 0.15) is 11.6 Å². The fourth-order valence-electron chi connectivity index (χ4n) is 2.87. The predicted molar refractivity (Wildman–Crippen MR) is 91.7 cm³/mol. The van der Waals surface area contributed by atoms with Crippen LogP contribution in [0.3, 0.4) is 0 Å². The number of ether oxygens (including phenoxy) is 1. The van der Waals surface area contributed by atoms with E-state index >= 15 is 0 Å². The van der Waals surface area contributed by atoms with E-state index in [4.69, 9.17) is 19.1 Å². The van der Waals surface area contributed by atoms with E-state index in [0.717, 1.165) is 61.2 Å².